The zero-order valence-corrected chi connectivity index (χ0v) is 12.3. The van der Waals surface area contributed by atoms with E-state index in [0.717, 1.165) is 4.47 Å². The van der Waals surface area contributed by atoms with E-state index in [1.165, 1.54) is 24.5 Å². The van der Waals surface area contributed by atoms with Gasteiger partial charge in [-0.25, -0.2) is 4.79 Å². The third kappa shape index (κ3) is 2.87. The van der Waals surface area contributed by atoms with E-state index in [0.29, 0.717) is 16.7 Å². The van der Waals surface area contributed by atoms with Gasteiger partial charge >= 0.3 is 5.63 Å². The molecular weight excluding hydrogens is 336 g/mol. The molecule has 0 N–H and O–H groups in total. The molecule has 0 saturated carbocycles. The van der Waals surface area contributed by atoms with E-state index >= 15 is 0 Å². The van der Waals surface area contributed by atoms with Gasteiger partial charge < -0.3 is 8.83 Å². The molecule has 104 valence electrons. The number of ketones is 1. The molecule has 3 rings (SSSR count). The van der Waals surface area contributed by atoms with Crippen molar-refractivity contribution in [1.29, 1.82) is 0 Å². The minimum Gasteiger partial charge on any atom is -0.465 e. The molecule has 0 aliphatic rings. The molecule has 0 saturated heterocycles. The first-order valence-corrected chi connectivity index (χ1v) is 6.92. The van der Waals surface area contributed by atoms with Crippen molar-refractivity contribution in [2.75, 3.05) is 0 Å². The Kier molecular flexibility index (Phi) is 3.58. The lowest BCUT2D eigenvalue weighted by Crippen LogP contribution is -2.11. The van der Waals surface area contributed by atoms with Gasteiger partial charge in [0.15, 0.2) is 5.78 Å². The van der Waals surface area contributed by atoms with Gasteiger partial charge in [0, 0.05) is 9.86 Å². The second-order valence-electron chi connectivity index (χ2n) is 4.34. The summed E-state index contributed by atoms with van der Waals surface area (Å²) in [4.78, 5) is 24.0. The number of carbonyl (C=O) groups is 1. The Balaban J connectivity index is 2.01. The largest absolute Gasteiger partial charge is 0.465 e. The first-order valence-electron chi connectivity index (χ1n) is 6.13. The number of furan rings is 1. The van der Waals surface area contributed by atoms with Crippen LogP contribution in [0.2, 0.25) is 0 Å². The van der Waals surface area contributed by atoms with Crippen LogP contribution in [-0.2, 0) is 0 Å². The van der Waals surface area contributed by atoms with Gasteiger partial charge in [-0.05, 0) is 48.6 Å². The molecule has 3 aromatic rings. The van der Waals surface area contributed by atoms with E-state index in [1.807, 2.05) is 0 Å². The van der Waals surface area contributed by atoms with E-state index in [-0.39, 0.29) is 5.56 Å². The normalized spacial score (nSPS) is 11.3. The summed E-state index contributed by atoms with van der Waals surface area (Å²) >= 11 is 3.34. The quantitative estimate of drug-likeness (QED) is 0.408. The van der Waals surface area contributed by atoms with Crippen molar-refractivity contribution in [3.8, 4) is 0 Å². The number of hydrogen-bond acceptors (Lipinski definition) is 4. The Bertz CT molecular complexity index is 888. The Labute approximate surface area is 127 Å². The van der Waals surface area contributed by atoms with Crippen LogP contribution >= 0.6 is 15.9 Å². The van der Waals surface area contributed by atoms with Crippen LogP contribution in [-0.4, -0.2) is 5.78 Å². The van der Waals surface area contributed by atoms with Crippen molar-refractivity contribution in [3.63, 3.8) is 0 Å². The minimum absolute atomic E-state index is 0.0107. The van der Waals surface area contributed by atoms with Crippen molar-refractivity contribution in [2.24, 2.45) is 0 Å². The summed E-state index contributed by atoms with van der Waals surface area (Å²) in [6, 6.07) is 10.2. The lowest BCUT2D eigenvalue weighted by Gasteiger charge is -1.99. The predicted octanol–water partition coefficient (Wildman–Crippen LogP) is 4.04. The molecule has 0 aliphatic carbocycles. The Morgan fingerprint density at radius 3 is 2.81 bits per heavy atom. The summed E-state index contributed by atoms with van der Waals surface area (Å²) in [6.07, 6.45) is 4.30. The summed E-state index contributed by atoms with van der Waals surface area (Å²) < 4.78 is 11.1. The molecule has 1 aromatic carbocycles. The van der Waals surface area contributed by atoms with Crippen molar-refractivity contribution < 1.29 is 13.6 Å². The Morgan fingerprint density at radius 2 is 2.05 bits per heavy atom. The number of carbonyl (C=O) groups excluding carboxylic acids is 1. The third-order valence-corrected chi connectivity index (χ3v) is 3.40. The van der Waals surface area contributed by atoms with Gasteiger partial charge in [0.2, 0.25) is 0 Å². The molecule has 4 nitrogen and oxygen atoms in total. The average Bonchev–Trinajstić information content (AvgIpc) is 2.98. The highest BCUT2D eigenvalue weighted by atomic mass is 79.9. The van der Waals surface area contributed by atoms with Crippen molar-refractivity contribution in [1.82, 2.24) is 0 Å². The molecule has 0 aliphatic heterocycles. The molecular formula is C16H9BrO4. The third-order valence-electron chi connectivity index (χ3n) is 2.90. The number of allylic oxidation sites excluding steroid dienone is 1. The van der Waals surface area contributed by atoms with Crippen LogP contribution in [0, 0.1) is 0 Å². The monoisotopic (exact) mass is 344 g/mol. The average molecular weight is 345 g/mol. The van der Waals surface area contributed by atoms with Gasteiger partial charge in [-0.3, -0.25) is 4.79 Å². The zero-order chi connectivity index (χ0) is 14.8. The molecule has 0 fully saturated rings. The minimum atomic E-state index is -0.654. The summed E-state index contributed by atoms with van der Waals surface area (Å²) in [5, 5.41) is 0.679. The Hall–Kier alpha value is -2.40. The van der Waals surface area contributed by atoms with Gasteiger partial charge in [0.1, 0.15) is 16.9 Å². The van der Waals surface area contributed by atoms with Crippen molar-refractivity contribution >= 4 is 38.8 Å². The van der Waals surface area contributed by atoms with E-state index in [1.54, 1.807) is 30.3 Å². The second-order valence-corrected chi connectivity index (χ2v) is 5.26. The summed E-state index contributed by atoms with van der Waals surface area (Å²) in [5.74, 6) is 0.110. The fraction of sp³-hybridized carbons (Fsp3) is 0. The highest BCUT2D eigenvalue weighted by Gasteiger charge is 2.11. The number of halogens is 1. The standard InChI is InChI=1S/C16H9BrO4/c17-11-3-6-15-10(8-11)9-13(16(19)21-15)14(18)5-4-12-2-1-7-20-12/h1-9H/b5-4+. The molecule has 21 heavy (non-hydrogen) atoms. The molecule has 0 atom stereocenters. The van der Waals surface area contributed by atoms with Gasteiger partial charge in [-0.15, -0.1) is 0 Å². The van der Waals surface area contributed by atoms with E-state index < -0.39 is 11.4 Å². The number of fused-ring (bicyclic) bond motifs is 1. The van der Waals surface area contributed by atoms with Crippen LogP contribution in [0.1, 0.15) is 16.1 Å². The van der Waals surface area contributed by atoms with Gasteiger partial charge in [-0.2, -0.15) is 0 Å². The highest BCUT2D eigenvalue weighted by Crippen LogP contribution is 2.19. The zero-order valence-electron chi connectivity index (χ0n) is 10.7. The number of hydrogen-bond donors (Lipinski definition) is 0. The summed E-state index contributed by atoms with van der Waals surface area (Å²) in [6.45, 7) is 0. The highest BCUT2D eigenvalue weighted by molar-refractivity contribution is 9.10. The number of benzene rings is 1. The maximum atomic E-state index is 12.1. The Morgan fingerprint density at radius 1 is 1.19 bits per heavy atom. The molecule has 0 amide bonds. The van der Waals surface area contributed by atoms with Crippen LogP contribution in [0.4, 0.5) is 0 Å². The van der Waals surface area contributed by atoms with Gasteiger partial charge in [0.25, 0.3) is 0 Å². The maximum Gasteiger partial charge on any atom is 0.347 e. The molecule has 0 radical (unpaired) electrons. The maximum absolute atomic E-state index is 12.1. The van der Waals surface area contributed by atoms with E-state index in [2.05, 4.69) is 15.9 Å². The summed E-state index contributed by atoms with van der Waals surface area (Å²) in [7, 11) is 0. The fourth-order valence-electron chi connectivity index (χ4n) is 1.90. The van der Waals surface area contributed by atoms with E-state index in [9.17, 15) is 9.59 Å². The van der Waals surface area contributed by atoms with Crippen LogP contribution in [0.15, 0.2) is 66.8 Å². The smallest absolute Gasteiger partial charge is 0.347 e. The first-order chi connectivity index (χ1) is 10.1. The molecule has 2 aromatic heterocycles. The molecule has 2 heterocycles. The van der Waals surface area contributed by atoms with Crippen LogP contribution in [0.25, 0.3) is 17.0 Å². The molecule has 0 bridgehead atoms. The first kappa shape index (κ1) is 13.6. The lowest BCUT2D eigenvalue weighted by atomic mass is 10.1. The second kappa shape index (κ2) is 5.54. The van der Waals surface area contributed by atoms with Crippen molar-refractivity contribution in [2.45, 2.75) is 0 Å². The predicted molar refractivity (Wildman–Crippen MR) is 82.3 cm³/mol. The molecule has 5 heteroatoms. The topological polar surface area (TPSA) is 60.4 Å². The van der Waals surface area contributed by atoms with Crippen LogP contribution in [0.5, 0.6) is 0 Å². The molecule has 0 spiro atoms. The fourth-order valence-corrected chi connectivity index (χ4v) is 2.28. The van der Waals surface area contributed by atoms with Crippen molar-refractivity contribution in [3.05, 3.63) is 75.0 Å². The summed E-state index contributed by atoms with van der Waals surface area (Å²) in [5.41, 5.74) is -0.225. The SMILES string of the molecule is O=C(/C=C/c1ccco1)c1cc2cc(Br)ccc2oc1=O. The van der Waals surface area contributed by atoms with Crippen LogP contribution < -0.4 is 5.63 Å². The molecule has 0 unspecified atom stereocenters. The van der Waals surface area contributed by atoms with Gasteiger partial charge in [-0.1, -0.05) is 15.9 Å². The lowest BCUT2D eigenvalue weighted by molar-refractivity contribution is 0.104. The van der Waals surface area contributed by atoms with Crippen LogP contribution in [0.3, 0.4) is 0 Å². The van der Waals surface area contributed by atoms with E-state index in [4.69, 9.17) is 8.83 Å². The number of rotatable bonds is 3. The van der Waals surface area contributed by atoms with Gasteiger partial charge in [0.05, 0.1) is 6.26 Å².